The number of nitrogens with zero attached hydrogens (tertiary/aromatic N) is 3. The van der Waals surface area contributed by atoms with Crippen molar-refractivity contribution in [3.8, 4) is 0 Å². The zero-order chi connectivity index (χ0) is 19.0. The van der Waals surface area contributed by atoms with Crippen molar-refractivity contribution in [2.75, 3.05) is 13.1 Å². The number of benzene rings is 2. The first kappa shape index (κ1) is 17.4. The van der Waals surface area contributed by atoms with Crippen molar-refractivity contribution >= 4 is 16.8 Å². The molecule has 1 aromatic heterocycles. The Morgan fingerprint density at radius 1 is 1.11 bits per heavy atom. The lowest BCUT2D eigenvalue weighted by atomic mass is 9.84. The van der Waals surface area contributed by atoms with Crippen LogP contribution in [0.2, 0.25) is 0 Å². The summed E-state index contributed by atoms with van der Waals surface area (Å²) in [5, 5.41) is 11.4. The van der Waals surface area contributed by atoms with Gasteiger partial charge in [0.1, 0.15) is 0 Å². The Kier molecular flexibility index (Phi) is 4.28. The molecule has 4 rings (SSSR count). The van der Waals surface area contributed by atoms with Gasteiger partial charge in [0.2, 0.25) is 0 Å². The third-order valence-corrected chi connectivity index (χ3v) is 5.35. The number of hydrogen-bond acceptors (Lipinski definition) is 4. The molecule has 0 aliphatic carbocycles. The maximum absolute atomic E-state index is 12.9. The average molecular weight is 363 g/mol. The van der Waals surface area contributed by atoms with Crippen LogP contribution >= 0.6 is 0 Å². The highest BCUT2D eigenvalue weighted by Crippen LogP contribution is 2.33. The zero-order valence-corrected chi connectivity index (χ0v) is 15.1. The van der Waals surface area contributed by atoms with Gasteiger partial charge in [0.05, 0.1) is 22.8 Å². The van der Waals surface area contributed by atoms with Crippen molar-refractivity contribution in [2.24, 2.45) is 7.05 Å². The van der Waals surface area contributed by atoms with Crippen LogP contribution in [0, 0.1) is 0 Å². The molecule has 0 radical (unpaired) electrons. The van der Waals surface area contributed by atoms with Gasteiger partial charge < -0.3 is 14.6 Å². The molecule has 0 bridgehead atoms. The topological polar surface area (TPSA) is 75.4 Å². The summed E-state index contributed by atoms with van der Waals surface area (Å²) in [4.78, 5) is 31.0. The lowest BCUT2D eigenvalue weighted by Gasteiger charge is -2.38. The Morgan fingerprint density at radius 3 is 2.52 bits per heavy atom. The minimum Gasteiger partial charge on any atom is -0.385 e. The van der Waals surface area contributed by atoms with E-state index in [1.807, 2.05) is 30.3 Å². The van der Waals surface area contributed by atoms with Crippen LogP contribution in [0.4, 0.5) is 0 Å². The molecule has 1 amide bonds. The highest BCUT2D eigenvalue weighted by Gasteiger charge is 2.35. The van der Waals surface area contributed by atoms with E-state index in [0.717, 1.165) is 5.56 Å². The van der Waals surface area contributed by atoms with Gasteiger partial charge in [-0.05, 0) is 36.6 Å². The number of amides is 1. The summed E-state index contributed by atoms with van der Waals surface area (Å²) in [5.74, 6) is -0.102. The van der Waals surface area contributed by atoms with E-state index in [1.165, 1.54) is 10.9 Å². The zero-order valence-electron chi connectivity index (χ0n) is 15.1. The van der Waals surface area contributed by atoms with Gasteiger partial charge in [-0.2, -0.15) is 0 Å². The molecule has 6 heteroatoms. The van der Waals surface area contributed by atoms with Crippen molar-refractivity contribution in [2.45, 2.75) is 18.4 Å². The summed E-state index contributed by atoms with van der Waals surface area (Å²) < 4.78 is 1.42. The van der Waals surface area contributed by atoms with Crippen molar-refractivity contribution in [1.29, 1.82) is 0 Å². The Hall–Kier alpha value is -2.99. The molecular weight excluding hydrogens is 342 g/mol. The number of rotatable bonds is 2. The number of carbonyl (C=O) groups is 1. The normalized spacial score (nSPS) is 16.4. The molecule has 1 N–H and O–H groups in total. The van der Waals surface area contributed by atoms with Crippen LogP contribution in [0.5, 0.6) is 0 Å². The number of aliphatic hydroxyl groups is 1. The van der Waals surface area contributed by atoms with E-state index in [1.54, 1.807) is 30.1 Å². The Balaban J connectivity index is 1.54. The number of likely N-dealkylation sites (tertiary alicyclic amines) is 1. The smallest absolute Gasteiger partial charge is 0.260 e. The number of aryl methyl sites for hydroxylation is 1. The van der Waals surface area contributed by atoms with Crippen molar-refractivity contribution in [1.82, 2.24) is 14.5 Å². The van der Waals surface area contributed by atoms with Gasteiger partial charge in [0.25, 0.3) is 11.5 Å². The Bertz CT molecular complexity index is 1050. The minimum atomic E-state index is -0.894. The van der Waals surface area contributed by atoms with E-state index in [2.05, 4.69) is 4.98 Å². The summed E-state index contributed by atoms with van der Waals surface area (Å²) in [6.07, 6.45) is 2.45. The molecule has 0 spiro atoms. The average Bonchev–Trinajstić information content (AvgIpc) is 2.71. The van der Waals surface area contributed by atoms with Gasteiger partial charge in [-0.25, -0.2) is 4.98 Å². The van der Waals surface area contributed by atoms with Crippen LogP contribution in [-0.4, -0.2) is 38.6 Å². The van der Waals surface area contributed by atoms with Crippen LogP contribution in [0.15, 0.2) is 59.7 Å². The summed E-state index contributed by atoms with van der Waals surface area (Å²) in [6.45, 7) is 0.957. The molecule has 2 aromatic carbocycles. The maximum Gasteiger partial charge on any atom is 0.260 e. The standard InChI is InChI=1S/C21H21N3O3/c1-23-14-22-18-13-15(7-8-17(18)20(23)26)19(25)24-11-9-21(27,10-12-24)16-5-3-2-4-6-16/h2-8,13-14,27H,9-12H2,1H3. The largest absolute Gasteiger partial charge is 0.385 e. The minimum absolute atomic E-state index is 0.102. The van der Waals surface area contributed by atoms with E-state index in [9.17, 15) is 14.7 Å². The molecule has 0 atom stereocenters. The van der Waals surface area contributed by atoms with Crippen molar-refractivity contribution in [3.63, 3.8) is 0 Å². The van der Waals surface area contributed by atoms with Crippen molar-refractivity contribution in [3.05, 3.63) is 76.3 Å². The SMILES string of the molecule is Cn1cnc2cc(C(=O)N3CCC(O)(c4ccccc4)CC3)ccc2c1=O. The van der Waals surface area contributed by atoms with Gasteiger partial charge in [-0.3, -0.25) is 9.59 Å². The van der Waals surface area contributed by atoms with E-state index in [-0.39, 0.29) is 11.5 Å². The number of hydrogen-bond donors (Lipinski definition) is 1. The van der Waals surface area contributed by atoms with Crippen LogP contribution < -0.4 is 5.56 Å². The highest BCUT2D eigenvalue weighted by atomic mass is 16.3. The number of piperidine rings is 1. The lowest BCUT2D eigenvalue weighted by Crippen LogP contribution is -2.45. The van der Waals surface area contributed by atoms with E-state index in [4.69, 9.17) is 0 Å². The van der Waals surface area contributed by atoms with Gasteiger partial charge in [0.15, 0.2) is 0 Å². The quantitative estimate of drug-likeness (QED) is 0.756. The fourth-order valence-corrected chi connectivity index (χ4v) is 3.64. The first-order valence-electron chi connectivity index (χ1n) is 9.00. The summed E-state index contributed by atoms with van der Waals surface area (Å²) >= 11 is 0. The fourth-order valence-electron chi connectivity index (χ4n) is 3.64. The Labute approximate surface area is 156 Å². The Morgan fingerprint density at radius 2 is 1.81 bits per heavy atom. The van der Waals surface area contributed by atoms with Crippen LogP contribution in [0.25, 0.3) is 10.9 Å². The number of aromatic nitrogens is 2. The monoisotopic (exact) mass is 363 g/mol. The summed E-state index contributed by atoms with van der Waals surface area (Å²) in [7, 11) is 1.65. The molecule has 2 heterocycles. The first-order chi connectivity index (χ1) is 13.0. The first-order valence-corrected chi connectivity index (χ1v) is 9.00. The van der Waals surface area contributed by atoms with Gasteiger partial charge >= 0.3 is 0 Å². The van der Waals surface area contributed by atoms with Crippen molar-refractivity contribution < 1.29 is 9.90 Å². The molecule has 6 nitrogen and oxygen atoms in total. The second kappa shape index (κ2) is 6.63. The third-order valence-electron chi connectivity index (χ3n) is 5.35. The van der Waals surface area contributed by atoms with Gasteiger partial charge in [0, 0.05) is 25.7 Å². The third kappa shape index (κ3) is 3.13. The highest BCUT2D eigenvalue weighted by molar-refractivity contribution is 5.97. The number of fused-ring (bicyclic) bond motifs is 1. The summed E-state index contributed by atoms with van der Waals surface area (Å²) in [6, 6.07) is 14.6. The molecule has 1 saturated heterocycles. The molecule has 138 valence electrons. The molecule has 3 aromatic rings. The lowest BCUT2D eigenvalue weighted by molar-refractivity contribution is -0.0211. The molecular formula is C21H21N3O3. The molecule has 0 unspecified atom stereocenters. The van der Waals surface area contributed by atoms with Crippen LogP contribution in [-0.2, 0) is 12.6 Å². The van der Waals surface area contributed by atoms with E-state index in [0.29, 0.717) is 42.4 Å². The second-order valence-electron chi connectivity index (χ2n) is 7.08. The predicted octanol–water partition coefficient (Wildman–Crippen LogP) is 2.06. The summed E-state index contributed by atoms with van der Waals surface area (Å²) in [5.41, 5.74) is 0.887. The molecule has 27 heavy (non-hydrogen) atoms. The molecule has 0 saturated carbocycles. The molecule has 1 aliphatic heterocycles. The number of carbonyl (C=O) groups excluding carboxylic acids is 1. The van der Waals surface area contributed by atoms with Gasteiger partial charge in [-0.1, -0.05) is 30.3 Å². The second-order valence-corrected chi connectivity index (χ2v) is 7.08. The maximum atomic E-state index is 12.9. The van der Waals surface area contributed by atoms with E-state index >= 15 is 0 Å². The van der Waals surface area contributed by atoms with Gasteiger partial charge in [-0.15, -0.1) is 0 Å². The van der Waals surface area contributed by atoms with Crippen LogP contribution in [0.1, 0.15) is 28.8 Å². The van der Waals surface area contributed by atoms with E-state index < -0.39 is 5.60 Å². The predicted molar refractivity (Wildman–Crippen MR) is 102 cm³/mol. The molecule has 1 fully saturated rings. The van der Waals surface area contributed by atoms with Crippen LogP contribution in [0.3, 0.4) is 0 Å². The fraction of sp³-hybridized carbons (Fsp3) is 0.286. The molecule has 1 aliphatic rings.